The quantitative estimate of drug-likeness (QED) is 0.354. The topological polar surface area (TPSA) is 88.6 Å². The summed E-state index contributed by atoms with van der Waals surface area (Å²) < 4.78 is 10.9. The lowest BCUT2D eigenvalue weighted by molar-refractivity contribution is -0.136. The first-order valence-corrected chi connectivity index (χ1v) is 11.8. The standard InChI is InChI=1S/C29H25NO5.2H2/c1-17-2-3-18(10-22(17)19-4-6-24-23(12-19)20(15-30-24)13-28(32)33)11-27(31)29(8-9-29)21-5-7-25-26(14-21)35-16-34-25;;/h2-7,10,12,14-15,30H,8-9,11,13,16H2,1H3,(H,32,33);2*1H. The Morgan fingerprint density at radius 3 is 2.63 bits per heavy atom. The second-order valence-corrected chi connectivity index (χ2v) is 9.54. The molecule has 1 fully saturated rings. The first kappa shape index (κ1) is 21.5. The van der Waals surface area contributed by atoms with E-state index in [2.05, 4.69) is 24.0 Å². The molecule has 2 aliphatic rings. The van der Waals surface area contributed by atoms with Crippen LogP contribution < -0.4 is 9.47 Å². The zero-order valence-electron chi connectivity index (χ0n) is 19.4. The van der Waals surface area contributed by atoms with Gasteiger partial charge in [-0.2, -0.15) is 0 Å². The molecular formula is C29H29NO5. The summed E-state index contributed by atoms with van der Waals surface area (Å²) in [6.07, 6.45) is 3.79. The fourth-order valence-corrected chi connectivity index (χ4v) is 5.15. The summed E-state index contributed by atoms with van der Waals surface area (Å²) in [6, 6.07) is 18.0. The summed E-state index contributed by atoms with van der Waals surface area (Å²) >= 11 is 0. The van der Waals surface area contributed by atoms with Gasteiger partial charge in [-0.15, -0.1) is 0 Å². The summed E-state index contributed by atoms with van der Waals surface area (Å²) in [6.45, 7) is 2.27. The number of nitrogens with one attached hydrogen (secondary N) is 1. The molecule has 0 saturated heterocycles. The number of hydrogen-bond donors (Lipinski definition) is 2. The lowest BCUT2D eigenvalue weighted by Crippen LogP contribution is -2.22. The number of aliphatic carboxylic acids is 1. The van der Waals surface area contributed by atoms with Gasteiger partial charge in [0.05, 0.1) is 11.8 Å². The van der Waals surface area contributed by atoms with Gasteiger partial charge in [-0.3, -0.25) is 9.59 Å². The molecular weight excluding hydrogens is 442 g/mol. The molecule has 0 atom stereocenters. The number of hydrogen-bond acceptors (Lipinski definition) is 4. The first-order valence-electron chi connectivity index (χ1n) is 11.8. The molecule has 6 heteroatoms. The van der Waals surface area contributed by atoms with Gasteiger partial charge in [-0.25, -0.2) is 0 Å². The van der Waals surface area contributed by atoms with Crippen LogP contribution in [0.4, 0.5) is 0 Å². The average Bonchev–Trinajstić information content (AvgIpc) is 3.37. The fourth-order valence-electron chi connectivity index (χ4n) is 5.15. The molecule has 1 aliphatic heterocycles. The summed E-state index contributed by atoms with van der Waals surface area (Å²) in [5, 5.41) is 10.1. The summed E-state index contributed by atoms with van der Waals surface area (Å²) in [5.41, 5.74) is 6.37. The Bertz CT molecular complexity index is 1510. The zero-order chi connectivity index (χ0) is 24.2. The van der Waals surface area contributed by atoms with E-state index in [1.54, 1.807) is 6.20 Å². The van der Waals surface area contributed by atoms with Crippen molar-refractivity contribution in [2.45, 2.75) is 38.0 Å². The van der Waals surface area contributed by atoms with Crippen LogP contribution in [0, 0.1) is 6.92 Å². The van der Waals surface area contributed by atoms with Crippen LogP contribution in [0.25, 0.3) is 22.0 Å². The Labute approximate surface area is 205 Å². The molecule has 2 heterocycles. The predicted molar refractivity (Wildman–Crippen MR) is 136 cm³/mol. The molecule has 2 N–H and O–H groups in total. The van der Waals surface area contributed by atoms with Crippen LogP contribution in [0.2, 0.25) is 0 Å². The van der Waals surface area contributed by atoms with Crippen molar-refractivity contribution in [3.05, 3.63) is 83.0 Å². The molecule has 3 aromatic carbocycles. The van der Waals surface area contributed by atoms with Gasteiger partial charge < -0.3 is 19.6 Å². The third kappa shape index (κ3) is 3.75. The number of rotatable bonds is 7. The number of carbonyl (C=O) groups excluding carboxylic acids is 1. The van der Waals surface area contributed by atoms with Crippen molar-refractivity contribution in [3.63, 3.8) is 0 Å². The number of ether oxygens (including phenoxy) is 2. The highest BCUT2D eigenvalue weighted by molar-refractivity contribution is 5.95. The number of ketones is 1. The summed E-state index contributed by atoms with van der Waals surface area (Å²) in [4.78, 5) is 27.9. The highest BCUT2D eigenvalue weighted by Crippen LogP contribution is 2.51. The molecule has 0 unspecified atom stereocenters. The molecule has 35 heavy (non-hydrogen) atoms. The van der Waals surface area contributed by atoms with Gasteiger partial charge >= 0.3 is 5.97 Å². The van der Waals surface area contributed by atoms with Crippen LogP contribution >= 0.6 is 0 Å². The summed E-state index contributed by atoms with van der Waals surface area (Å²) in [7, 11) is 0. The molecule has 1 aliphatic carbocycles. The lowest BCUT2D eigenvalue weighted by Gasteiger charge is -2.16. The number of aryl methyl sites for hydroxylation is 1. The maximum atomic E-state index is 13.5. The van der Waals surface area contributed by atoms with Crippen molar-refractivity contribution < 1.29 is 27.0 Å². The van der Waals surface area contributed by atoms with Crippen molar-refractivity contribution in [1.82, 2.24) is 4.98 Å². The largest absolute Gasteiger partial charge is 0.481 e. The van der Waals surface area contributed by atoms with E-state index in [9.17, 15) is 14.7 Å². The van der Waals surface area contributed by atoms with E-state index in [0.717, 1.165) is 62.9 Å². The normalized spacial score (nSPS) is 15.3. The van der Waals surface area contributed by atoms with E-state index < -0.39 is 11.4 Å². The van der Waals surface area contributed by atoms with E-state index in [4.69, 9.17) is 9.47 Å². The van der Waals surface area contributed by atoms with E-state index >= 15 is 0 Å². The smallest absolute Gasteiger partial charge is 0.307 e. The Morgan fingerprint density at radius 1 is 1.00 bits per heavy atom. The number of aromatic amines is 1. The van der Waals surface area contributed by atoms with Crippen molar-refractivity contribution in [2.75, 3.05) is 6.79 Å². The van der Waals surface area contributed by atoms with E-state index in [1.807, 2.05) is 42.5 Å². The second-order valence-electron chi connectivity index (χ2n) is 9.54. The zero-order valence-corrected chi connectivity index (χ0v) is 19.4. The molecule has 1 aromatic heterocycles. The number of carbonyl (C=O) groups is 2. The van der Waals surface area contributed by atoms with E-state index in [1.165, 1.54) is 0 Å². The first-order chi connectivity index (χ1) is 16.9. The highest BCUT2D eigenvalue weighted by atomic mass is 16.7. The average molecular weight is 472 g/mol. The second kappa shape index (κ2) is 8.01. The number of carboxylic acid groups (broad SMARTS) is 1. The minimum Gasteiger partial charge on any atom is -0.481 e. The minimum atomic E-state index is -0.857. The van der Waals surface area contributed by atoms with Crippen LogP contribution in [-0.4, -0.2) is 28.6 Å². The highest BCUT2D eigenvalue weighted by Gasteiger charge is 2.50. The Morgan fingerprint density at radius 2 is 1.83 bits per heavy atom. The van der Waals surface area contributed by atoms with Gasteiger partial charge in [0.25, 0.3) is 0 Å². The van der Waals surface area contributed by atoms with Crippen LogP contribution in [0.5, 0.6) is 11.5 Å². The molecule has 180 valence electrons. The number of H-pyrrole nitrogens is 1. The Hall–Kier alpha value is -4.06. The number of aromatic nitrogens is 1. The summed E-state index contributed by atoms with van der Waals surface area (Å²) in [5.74, 6) is 0.799. The molecule has 6 nitrogen and oxygen atoms in total. The Kier molecular flexibility index (Phi) is 4.92. The SMILES string of the molecule is Cc1ccc(CC(=O)C2(c3ccc4c(c3)OCO4)CC2)cc1-c1ccc2[nH]cc(CC(=O)O)c2c1.[HH].[HH]. The number of Topliss-reactive ketones (excluding diaryl/α,β-unsaturated/α-hetero) is 1. The molecule has 1 saturated carbocycles. The van der Waals surface area contributed by atoms with Crippen LogP contribution in [0.1, 0.15) is 37.9 Å². The van der Waals surface area contributed by atoms with Crippen molar-refractivity contribution in [1.29, 1.82) is 0 Å². The number of fused-ring (bicyclic) bond motifs is 2. The molecule has 6 rings (SSSR count). The molecule has 0 amide bonds. The Balaban J connectivity index is 0.00000160. The number of benzene rings is 3. The predicted octanol–water partition coefficient (Wildman–Crippen LogP) is 5.83. The fraction of sp³-hybridized carbons (Fsp3) is 0.241. The third-order valence-corrected chi connectivity index (χ3v) is 7.30. The third-order valence-electron chi connectivity index (χ3n) is 7.30. The minimum absolute atomic E-state index is 0. The van der Waals surface area contributed by atoms with E-state index in [0.29, 0.717) is 12.2 Å². The van der Waals surface area contributed by atoms with Crippen molar-refractivity contribution >= 4 is 22.7 Å². The number of carboxylic acids is 1. The van der Waals surface area contributed by atoms with Crippen LogP contribution in [0.3, 0.4) is 0 Å². The van der Waals surface area contributed by atoms with Crippen molar-refractivity contribution in [2.24, 2.45) is 0 Å². The van der Waals surface area contributed by atoms with Crippen molar-refractivity contribution in [3.8, 4) is 22.6 Å². The van der Waals surface area contributed by atoms with Gasteiger partial charge in [0.2, 0.25) is 6.79 Å². The monoisotopic (exact) mass is 471 g/mol. The van der Waals surface area contributed by atoms with Crippen LogP contribution in [0.15, 0.2) is 60.8 Å². The molecule has 0 radical (unpaired) electrons. The van der Waals surface area contributed by atoms with E-state index in [-0.39, 0.29) is 21.9 Å². The molecule has 4 aromatic rings. The van der Waals surface area contributed by atoms with Gasteiger partial charge in [0.1, 0.15) is 5.78 Å². The maximum absolute atomic E-state index is 13.5. The van der Waals surface area contributed by atoms with Crippen LogP contribution in [-0.2, 0) is 27.8 Å². The van der Waals surface area contributed by atoms with Gasteiger partial charge in [0, 0.05) is 26.4 Å². The van der Waals surface area contributed by atoms with Gasteiger partial charge in [-0.1, -0.05) is 30.3 Å². The maximum Gasteiger partial charge on any atom is 0.307 e. The van der Waals surface area contributed by atoms with Gasteiger partial charge in [0.15, 0.2) is 11.5 Å². The molecule has 0 spiro atoms. The van der Waals surface area contributed by atoms with Gasteiger partial charge in [-0.05, 0) is 77.4 Å². The lowest BCUT2D eigenvalue weighted by atomic mass is 9.86. The molecule has 0 bridgehead atoms.